The van der Waals surface area contributed by atoms with Crippen molar-refractivity contribution in [2.24, 2.45) is 11.3 Å². The van der Waals surface area contributed by atoms with Crippen LogP contribution >= 0.6 is 11.6 Å². The topological polar surface area (TPSA) is 161 Å². The SMILES string of the molecule is CC(C)C(NC(=O)NC(C)(C)OC(=O)OCOC(=O)C=CC(=O)O)C(=O)N1CCC(c2ccc(Cl)cc2)C(C)(C)C1. The number of carboxylic acid groups (broad SMARTS) is 1. The van der Waals surface area contributed by atoms with Crippen molar-refractivity contribution in [1.82, 2.24) is 15.5 Å². The van der Waals surface area contributed by atoms with Crippen LogP contribution in [0.3, 0.4) is 0 Å². The van der Waals surface area contributed by atoms with E-state index in [-0.39, 0.29) is 23.2 Å². The number of halogens is 1. The van der Waals surface area contributed by atoms with Crippen LogP contribution in [0, 0.1) is 11.3 Å². The maximum absolute atomic E-state index is 13.5. The second-order valence-corrected chi connectivity index (χ2v) is 11.7. The van der Waals surface area contributed by atoms with Crippen molar-refractivity contribution < 1.29 is 43.3 Å². The number of likely N-dealkylation sites (tertiary alicyclic amines) is 1. The lowest BCUT2D eigenvalue weighted by atomic mass is 9.70. The molecule has 0 aliphatic carbocycles. The largest absolute Gasteiger partial charge is 0.513 e. The van der Waals surface area contributed by atoms with E-state index in [4.69, 9.17) is 21.4 Å². The van der Waals surface area contributed by atoms with E-state index in [1.807, 2.05) is 38.1 Å². The van der Waals surface area contributed by atoms with Crippen molar-refractivity contribution in [3.63, 3.8) is 0 Å². The van der Waals surface area contributed by atoms with Gasteiger partial charge >= 0.3 is 24.1 Å². The lowest BCUT2D eigenvalue weighted by Gasteiger charge is -2.45. The summed E-state index contributed by atoms with van der Waals surface area (Å²) in [6.45, 7) is 10.8. The van der Waals surface area contributed by atoms with Crippen LogP contribution in [-0.2, 0) is 28.6 Å². The Hall–Kier alpha value is -3.80. The van der Waals surface area contributed by atoms with Gasteiger partial charge in [-0.1, -0.05) is 51.4 Å². The Morgan fingerprint density at radius 1 is 1.12 bits per heavy atom. The summed E-state index contributed by atoms with van der Waals surface area (Å²) in [6.07, 6.45) is 0.701. The van der Waals surface area contributed by atoms with Crippen LogP contribution in [-0.4, -0.2) is 71.7 Å². The molecule has 0 bridgehead atoms. The molecule has 2 rings (SSSR count). The van der Waals surface area contributed by atoms with Crippen LogP contribution in [0.2, 0.25) is 5.02 Å². The summed E-state index contributed by atoms with van der Waals surface area (Å²) in [4.78, 5) is 61.7. The fraction of sp³-hybridized carbons (Fsp3) is 0.536. The summed E-state index contributed by atoms with van der Waals surface area (Å²) in [5.41, 5.74) is -0.612. The average Bonchev–Trinajstić information content (AvgIpc) is 2.85. The van der Waals surface area contributed by atoms with Gasteiger partial charge in [-0.2, -0.15) is 0 Å². The van der Waals surface area contributed by atoms with Gasteiger partial charge in [0.1, 0.15) is 6.04 Å². The van der Waals surface area contributed by atoms with Gasteiger partial charge in [0.15, 0.2) is 5.72 Å². The van der Waals surface area contributed by atoms with E-state index in [0.717, 1.165) is 6.42 Å². The Kier molecular flexibility index (Phi) is 11.6. The number of benzene rings is 1. The van der Waals surface area contributed by atoms with Gasteiger partial charge in [0.25, 0.3) is 0 Å². The third-order valence-electron chi connectivity index (χ3n) is 6.53. The third-order valence-corrected chi connectivity index (χ3v) is 6.78. The number of nitrogens with zero attached hydrogens (tertiary/aromatic N) is 1. The molecule has 12 nitrogen and oxygen atoms in total. The lowest BCUT2D eigenvalue weighted by molar-refractivity contribution is -0.149. The van der Waals surface area contributed by atoms with Crippen molar-refractivity contribution in [2.75, 3.05) is 19.9 Å². The Morgan fingerprint density at radius 3 is 2.32 bits per heavy atom. The highest BCUT2D eigenvalue weighted by Crippen LogP contribution is 2.42. The summed E-state index contributed by atoms with van der Waals surface area (Å²) in [5, 5.41) is 14.3. The first-order valence-corrected chi connectivity index (χ1v) is 13.4. The highest BCUT2D eigenvalue weighted by molar-refractivity contribution is 6.30. The molecule has 1 heterocycles. The third kappa shape index (κ3) is 10.6. The molecular weight excluding hydrogens is 558 g/mol. The molecule has 3 amide bonds. The summed E-state index contributed by atoms with van der Waals surface area (Å²) >= 11 is 6.05. The lowest BCUT2D eigenvalue weighted by Crippen LogP contribution is -2.59. The van der Waals surface area contributed by atoms with E-state index >= 15 is 0 Å². The van der Waals surface area contributed by atoms with Gasteiger partial charge in [-0.05, 0) is 55.2 Å². The number of esters is 1. The molecule has 1 aromatic carbocycles. The quantitative estimate of drug-likeness (QED) is 0.206. The molecule has 1 fully saturated rings. The number of carbonyl (C=O) groups is 5. The van der Waals surface area contributed by atoms with E-state index in [9.17, 15) is 24.0 Å². The van der Waals surface area contributed by atoms with Crippen molar-refractivity contribution in [1.29, 1.82) is 0 Å². The zero-order valence-corrected chi connectivity index (χ0v) is 24.8. The second-order valence-electron chi connectivity index (χ2n) is 11.2. The van der Waals surface area contributed by atoms with Gasteiger partial charge in [-0.25, -0.2) is 19.2 Å². The van der Waals surface area contributed by atoms with Gasteiger partial charge in [0.05, 0.1) is 0 Å². The van der Waals surface area contributed by atoms with Gasteiger partial charge < -0.3 is 34.9 Å². The Balaban J connectivity index is 1.92. The Morgan fingerprint density at radius 2 is 1.76 bits per heavy atom. The minimum atomic E-state index is -1.56. The average molecular weight is 596 g/mol. The smallest absolute Gasteiger partial charge is 0.478 e. The number of amides is 3. The molecule has 1 aliphatic rings. The number of hydrogen-bond acceptors (Lipinski definition) is 8. The highest BCUT2D eigenvalue weighted by atomic mass is 35.5. The van der Waals surface area contributed by atoms with Crippen molar-refractivity contribution in [2.45, 2.75) is 65.6 Å². The minimum Gasteiger partial charge on any atom is -0.478 e. The van der Waals surface area contributed by atoms with Crippen molar-refractivity contribution in [3.05, 3.63) is 47.0 Å². The Labute approximate surface area is 244 Å². The molecule has 0 radical (unpaired) electrons. The molecular formula is C28H38ClN3O9. The number of aliphatic carboxylic acids is 1. The normalized spacial score (nSPS) is 17.5. The van der Waals surface area contributed by atoms with Crippen LogP contribution < -0.4 is 10.6 Å². The predicted molar refractivity (Wildman–Crippen MR) is 149 cm³/mol. The minimum absolute atomic E-state index is 0.213. The van der Waals surface area contributed by atoms with Crippen molar-refractivity contribution in [3.8, 4) is 0 Å². The summed E-state index contributed by atoms with van der Waals surface area (Å²) in [7, 11) is 0. The molecule has 1 aromatic rings. The molecule has 226 valence electrons. The Bertz CT molecular complexity index is 1150. The molecule has 13 heteroatoms. The molecule has 0 aromatic heterocycles. The van der Waals surface area contributed by atoms with E-state index in [1.54, 1.807) is 4.90 Å². The number of rotatable bonds is 10. The molecule has 2 atom stereocenters. The number of nitrogens with one attached hydrogen (secondary N) is 2. The fourth-order valence-electron chi connectivity index (χ4n) is 4.61. The van der Waals surface area contributed by atoms with E-state index in [1.165, 1.54) is 19.4 Å². The predicted octanol–water partition coefficient (Wildman–Crippen LogP) is 4.04. The second kappa shape index (κ2) is 14.2. The molecule has 0 spiro atoms. The van der Waals surface area contributed by atoms with Crippen molar-refractivity contribution >= 4 is 41.6 Å². The number of ether oxygens (including phenoxy) is 3. The van der Waals surface area contributed by atoms with Gasteiger partial charge in [0.2, 0.25) is 12.7 Å². The first-order chi connectivity index (χ1) is 19.0. The number of carbonyl (C=O) groups excluding carboxylic acids is 4. The zero-order valence-electron chi connectivity index (χ0n) is 24.1. The number of piperidine rings is 1. The van der Waals surface area contributed by atoms with Crippen LogP contribution in [0.25, 0.3) is 0 Å². The molecule has 0 saturated carbocycles. The summed E-state index contributed by atoms with van der Waals surface area (Å²) < 4.78 is 14.2. The fourth-order valence-corrected chi connectivity index (χ4v) is 4.73. The highest BCUT2D eigenvalue weighted by Gasteiger charge is 2.41. The monoisotopic (exact) mass is 595 g/mol. The maximum atomic E-state index is 13.5. The summed E-state index contributed by atoms with van der Waals surface area (Å²) in [6, 6.07) is 6.19. The van der Waals surface area contributed by atoms with Gasteiger partial charge in [-0.15, -0.1) is 0 Å². The van der Waals surface area contributed by atoms with E-state index < -0.39 is 42.7 Å². The first kappa shape index (κ1) is 33.4. The van der Waals surface area contributed by atoms with Crippen LogP contribution in [0.1, 0.15) is 59.4 Å². The van der Waals surface area contributed by atoms with Crippen LogP contribution in [0.15, 0.2) is 36.4 Å². The number of urea groups is 1. The maximum Gasteiger partial charge on any atom is 0.513 e. The van der Waals surface area contributed by atoms with Crippen LogP contribution in [0.5, 0.6) is 0 Å². The molecule has 41 heavy (non-hydrogen) atoms. The molecule has 2 unspecified atom stereocenters. The standard InChI is InChI=1S/C28H38ClN3O9/c1-17(2)23(24(36)32-14-13-20(27(3,4)15-32)18-7-9-19(29)10-8-18)30-25(37)31-28(5,6)41-26(38)40-16-39-22(35)12-11-21(33)34/h7-12,17,20,23H,13-16H2,1-6H3,(H,33,34)(H2,30,31,37). The molecule has 1 saturated heterocycles. The zero-order chi connectivity index (χ0) is 31.0. The number of hydrogen-bond donors (Lipinski definition) is 3. The molecule has 1 aliphatic heterocycles. The number of carboxylic acids is 1. The van der Waals surface area contributed by atoms with Gasteiger partial charge in [0, 0.05) is 30.3 Å². The summed E-state index contributed by atoms with van der Waals surface area (Å²) in [5.74, 6) is -2.60. The van der Waals surface area contributed by atoms with Crippen LogP contribution in [0.4, 0.5) is 9.59 Å². The first-order valence-electron chi connectivity index (χ1n) is 13.1. The van der Waals surface area contributed by atoms with E-state index in [0.29, 0.717) is 30.3 Å². The molecule has 3 N–H and O–H groups in total. The van der Waals surface area contributed by atoms with E-state index in [2.05, 4.69) is 34.0 Å². The van der Waals surface area contributed by atoms with Gasteiger partial charge in [-0.3, -0.25) is 4.79 Å².